The minimum Gasteiger partial charge on any atom is -0.367 e. The predicted octanol–water partition coefficient (Wildman–Crippen LogP) is 1.23. The third-order valence-electron chi connectivity index (χ3n) is 2.88. The largest absolute Gasteiger partial charge is 0.367 e. The first-order valence-electron chi connectivity index (χ1n) is 5.43. The number of hydrogen-bond acceptors (Lipinski definition) is 4. The maximum Gasteiger partial charge on any atom is 0.144 e. The molecule has 4 heteroatoms. The van der Waals surface area contributed by atoms with Crippen molar-refractivity contribution in [3.05, 3.63) is 18.6 Å². The van der Waals surface area contributed by atoms with Crippen molar-refractivity contribution >= 4 is 5.82 Å². The Morgan fingerprint density at radius 2 is 2.27 bits per heavy atom. The lowest BCUT2D eigenvalue weighted by molar-refractivity contribution is 0.276. The maximum atomic E-state index is 4.20. The Morgan fingerprint density at radius 1 is 1.47 bits per heavy atom. The first-order valence-corrected chi connectivity index (χ1v) is 5.43. The predicted molar refractivity (Wildman–Crippen MR) is 60.7 cm³/mol. The highest BCUT2D eigenvalue weighted by molar-refractivity contribution is 5.30. The van der Waals surface area contributed by atoms with Crippen molar-refractivity contribution in [1.82, 2.24) is 14.9 Å². The molecule has 0 radical (unpaired) electrons. The standard InChI is InChI=1S/C11H18N4/c1-15(2)10(9-3-4-9)7-14-11-8-12-5-6-13-11/h5-6,8-10H,3-4,7H2,1-2H3,(H,13,14). The molecular weight excluding hydrogens is 188 g/mol. The third kappa shape index (κ3) is 2.89. The highest BCUT2D eigenvalue weighted by atomic mass is 15.1. The van der Waals surface area contributed by atoms with E-state index in [4.69, 9.17) is 0 Å². The van der Waals surface area contributed by atoms with Crippen LogP contribution < -0.4 is 5.32 Å². The molecule has 15 heavy (non-hydrogen) atoms. The lowest BCUT2D eigenvalue weighted by atomic mass is 10.1. The van der Waals surface area contributed by atoms with Gasteiger partial charge in [0.1, 0.15) is 5.82 Å². The van der Waals surface area contributed by atoms with Crippen molar-refractivity contribution in [3.8, 4) is 0 Å². The smallest absolute Gasteiger partial charge is 0.144 e. The van der Waals surface area contributed by atoms with Crippen LogP contribution in [0.3, 0.4) is 0 Å². The summed E-state index contributed by atoms with van der Waals surface area (Å²) in [6.45, 7) is 0.955. The molecule has 82 valence electrons. The van der Waals surface area contributed by atoms with Gasteiger partial charge in [-0.05, 0) is 32.9 Å². The lowest BCUT2D eigenvalue weighted by Gasteiger charge is -2.24. The summed E-state index contributed by atoms with van der Waals surface area (Å²) in [7, 11) is 4.28. The Labute approximate surface area is 90.7 Å². The number of hydrogen-bond donors (Lipinski definition) is 1. The van der Waals surface area contributed by atoms with E-state index in [1.54, 1.807) is 18.6 Å². The van der Waals surface area contributed by atoms with Crippen LogP contribution in [0.1, 0.15) is 12.8 Å². The topological polar surface area (TPSA) is 41.0 Å². The van der Waals surface area contributed by atoms with Crippen molar-refractivity contribution in [3.63, 3.8) is 0 Å². The van der Waals surface area contributed by atoms with Crippen molar-refractivity contribution in [1.29, 1.82) is 0 Å². The molecule has 1 unspecified atom stereocenters. The Bertz CT molecular complexity index is 293. The fourth-order valence-electron chi connectivity index (χ4n) is 1.85. The van der Waals surface area contributed by atoms with Crippen LogP contribution >= 0.6 is 0 Å². The van der Waals surface area contributed by atoms with E-state index in [0.717, 1.165) is 18.3 Å². The van der Waals surface area contributed by atoms with Crippen LogP contribution in [-0.4, -0.2) is 41.5 Å². The van der Waals surface area contributed by atoms with E-state index in [-0.39, 0.29) is 0 Å². The van der Waals surface area contributed by atoms with Gasteiger partial charge in [-0.25, -0.2) is 4.98 Å². The molecule has 1 aliphatic carbocycles. The summed E-state index contributed by atoms with van der Waals surface area (Å²) in [5.74, 6) is 1.73. The minimum atomic E-state index is 0.618. The summed E-state index contributed by atoms with van der Waals surface area (Å²) in [4.78, 5) is 10.5. The van der Waals surface area contributed by atoms with Crippen LogP contribution in [0.4, 0.5) is 5.82 Å². The highest BCUT2D eigenvalue weighted by Crippen LogP contribution is 2.34. The van der Waals surface area contributed by atoms with E-state index in [9.17, 15) is 0 Å². The van der Waals surface area contributed by atoms with Crippen molar-refractivity contribution in [2.24, 2.45) is 5.92 Å². The van der Waals surface area contributed by atoms with Gasteiger partial charge >= 0.3 is 0 Å². The summed E-state index contributed by atoms with van der Waals surface area (Å²) < 4.78 is 0. The molecule has 1 heterocycles. The molecule has 1 aromatic heterocycles. The van der Waals surface area contributed by atoms with E-state index in [1.807, 2.05) is 0 Å². The number of nitrogens with zero attached hydrogens (tertiary/aromatic N) is 3. The molecule has 0 aromatic carbocycles. The van der Waals surface area contributed by atoms with Crippen LogP contribution in [0.25, 0.3) is 0 Å². The lowest BCUT2D eigenvalue weighted by Crippen LogP contribution is -2.36. The molecular formula is C11H18N4. The molecule has 1 aliphatic rings. The molecule has 2 rings (SSSR count). The average molecular weight is 206 g/mol. The van der Waals surface area contributed by atoms with Gasteiger partial charge in [-0.3, -0.25) is 4.98 Å². The third-order valence-corrected chi connectivity index (χ3v) is 2.88. The van der Waals surface area contributed by atoms with Crippen LogP contribution in [0.5, 0.6) is 0 Å². The maximum absolute atomic E-state index is 4.20. The molecule has 4 nitrogen and oxygen atoms in total. The van der Waals surface area contributed by atoms with Gasteiger partial charge < -0.3 is 10.2 Å². The van der Waals surface area contributed by atoms with E-state index in [2.05, 4.69) is 34.3 Å². The summed E-state index contributed by atoms with van der Waals surface area (Å²) in [5.41, 5.74) is 0. The van der Waals surface area contributed by atoms with Gasteiger partial charge in [0.2, 0.25) is 0 Å². The van der Waals surface area contributed by atoms with E-state index < -0.39 is 0 Å². The second kappa shape index (κ2) is 4.57. The number of likely N-dealkylation sites (N-methyl/N-ethyl adjacent to an activating group) is 1. The zero-order valence-electron chi connectivity index (χ0n) is 9.35. The highest BCUT2D eigenvalue weighted by Gasteiger charge is 2.32. The molecule has 0 bridgehead atoms. The molecule has 1 saturated carbocycles. The second-order valence-corrected chi connectivity index (χ2v) is 4.34. The molecule has 0 saturated heterocycles. The van der Waals surface area contributed by atoms with Crippen LogP contribution in [-0.2, 0) is 0 Å². The Kier molecular flexibility index (Phi) is 3.16. The summed E-state index contributed by atoms with van der Waals surface area (Å²) in [5, 5.41) is 3.33. The number of anilines is 1. The van der Waals surface area contributed by atoms with Crippen LogP contribution in [0.15, 0.2) is 18.6 Å². The van der Waals surface area contributed by atoms with E-state index >= 15 is 0 Å². The molecule has 0 spiro atoms. The summed E-state index contributed by atoms with van der Waals surface area (Å²) in [6, 6.07) is 0.618. The van der Waals surface area contributed by atoms with Crippen LogP contribution in [0, 0.1) is 5.92 Å². The molecule has 1 N–H and O–H groups in total. The molecule has 1 atom stereocenters. The first-order chi connectivity index (χ1) is 7.27. The number of rotatable bonds is 5. The molecule has 1 aromatic rings. The van der Waals surface area contributed by atoms with Gasteiger partial charge in [-0.15, -0.1) is 0 Å². The van der Waals surface area contributed by atoms with Gasteiger partial charge in [-0.2, -0.15) is 0 Å². The minimum absolute atomic E-state index is 0.618. The zero-order chi connectivity index (χ0) is 10.7. The Morgan fingerprint density at radius 3 is 2.80 bits per heavy atom. The second-order valence-electron chi connectivity index (χ2n) is 4.34. The molecule has 0 amide bonds. The monoisotopic (exact) mass is 206 g/mol. The fraction of sp³-hybridized carbons (Fsp3) is 0.636. The van der Waals surface area contributed by atoms with Gasteiger partial charge in [0.25, 0.3) is 0 Å². The fourth-order valence-corrected chi connectivity index (χ4v) is 1.85. The van der Waals surface area contributed by atoms with E-state index in [0.29, 0.717) is 6.04 Å². The summed E-state index contributed by atoms with van der Waals surface area (Å²) >= 11 is 0. The normalized spacial score (nSPS) is 17.8. The van der Waals surface area contributed by atoms with E-state index in [1.165, 1.54) is 12.8 Å². The Balaban J connectivity index is 1.85. The van der Waals surface area contributed by atoms with Crippen molar-refractivity contribution in [2.45, 2.75) is 18.9 Å². The number of aromatic nitrogens is 2. The van der Waals surface area contributed by atoms with Gasteiger partial charge in [0, 0.05) is 25.0 Å². The van der Waals surface area contributed by atoms with Gasteiger partial charge in [0.05, 0.1) is 6.20 Å². The zero-order valence-corrected chi connectivity index (χ0v) is 9.35. The SMILES string of the molecule is CN(C)C(CNc1cnccn1)C1CC1. The van der Waals surface area contributed by atoms with Crippen LogP contribution in [0.2, 0.25) is 0 Å². The quantitative estimate of drug-likeness (QED) is 0.786. The van der Waals surface area contributed by atoms with Crippen molar-refractivity contribution < 1.29 is 0 Å². The summed E-state index contributed by atoms with van der Waals surface area (Å²) in [6.07, 6.45) is 7.90. The molecule has 0 aliphatic heterocycles. The van der Waals surface area contributed by atoms with Gasteiger partial charge in [0.15, 0.2) is 0 Å². The Hall–Kier alpha value is -1.16. The number of nitrogens with one attached hydrogen (secondary N) is 1. The van der Waals surface area contributed by atoms with Crippen molar-refractivity contribution in [2.75, 3.05) is 26.0 Å². The molecule has 1 fully saturated rings. The average Bonchev–Trinajstić information content (AvgIpc) is 3.03. The van der Waals surface area contributed by atoms with Gasteiger partial charge in [-0.1, -0.05) is 0 Å². The first kappa shape index (κ1) is 10.4.